The molecule has 2 unspecified atom stereocenters. The number of nitrogens with zero attached hydrogens (tertiary/aromatic N) is 1. The molecule has 3 N–H and O–H groups in total. The van der Waals surface area contributed by atoms with Gasteiger partial charge in [0.2, 0.25) is 11.8 Å². The number of rotatable bonds is 5. The Morgan fingerprint density at radius 2 is 1.94 bits per heavy atom. The number of likely N-dealkylation sites (N-methyl/N-ethyl adjacent to an activating group) is 1. The van der Waals surface area contributed by atoms with Crippen molar-refractivity contribution in [2.24, 2.45) is 11.7 Å². The van der Waals surface area contributed by atoms with Crippen molar-refractivity contribution in [3.63, 3.8) is 0 Å². The van der Waals surface area contributed by atoms with Crippen molar-refractivity contribution in [2.45, 2.75) is 45.6 Å². The molecule has 104 valence electrons. The van der Waals surface area contributed by atoms with Crippen LogP contribution in [0.25, 0.3) is 0 Å². The lowest BCUT2D eigenvalue weighted by molar-refractivity contribution is -0.134. The number of nitrogens with two attached hydrogens (primary N) is 1. The van der Waals surface area contributed by atoms with Crippen LogP contribution >= 0.6 is 0 Å². The van der Waals surface area contributed by atoms with Crippen molar-refractivity contribution in [3.05, 3.63) is 0 Å². The van der Waals surface area contributed by atoms with E-state index in [4.69, 9.17) is 5.73 Å². The van der Waals surface area contributed by atoms with Crippen LogP contribution in [0.2, 0.25) is 0 Å². The fourth-order valence-electron chi connectivity index (χ4n) is 2.46. The first-order valence-corrected chi connectivity index (χ1v) is 6.89. The Bertz CT molecular complexity index is 290. The average Bonchev–Trinajstić information content (AvgIpc) is 2.37. The Hall–Kier alpha value is -1.10. The van der Waals surface area contributed by atoms with Crippen LogP contribution in [0.5, 0.6) is 0 Å². The Balaban J connectivity index is 2.34. The zero-order valence-electron chi connectivity index (χ0n) is 11.4. The summed E-state index contributed by atoms with van der Waals surface area (Å²) in [7, 11) is 0. The van der Waals surface area contributed by atoms with Gasteiger partial charge in [0.25, 0.3) is 0 Å². The van der Waals surface area contributed by atoms with Gasteiger partial charge >= 0.3 is 0 Å². The molecule has 5 heteroatoms. The highest BCUT2D eigenvalue weighted by atomic mass is 16.2. The Morgan fingerprint density at radius 3 is 2.50 bits per heavy atom. The predicted molar refractivity (Wildman–Crippen MR) is 70.9 cm³/mol. The first kappa shape index (κ1) is 15.0. The Morgan fingerprint density at radius 1 is 1.28 bits per heavy atom. The molecule has 0 bridgehead atoms. The van der Waals surface area contributed by atoms with E-state index in [2.05, 4.69) is 5.32 Å². The second kappa shape index (κ2) is 7.36. The molecule has 0 aromatic heterocycles. The van der Waals surface area contributed by atoms with Crippen LogP contribution in [-0.4, -0.2) is 42.4 Å². The summed E-state index contributed by atoms with van der Waals surface area (Å²) in [6, 6.07) is 0.132. The number of carbonyl (C=O) groups is 2. The fraction of sp³-hybridized carbons (Fsp3) is 0.846. The van der Waals surface area contributed by atoms with Crippen molar-refractivity contribution in [1.29, 1.82) is 0 Å². The maximum atomic E-state index is 11.9. The summed E-state index contributed by atoms with van der Waals surface area (Å²) >= 11 is 0. The van der Waals surface area contributed by atoms with Gasteiger partial charge in [-0.3, -0.25) is 9.59 Å². The molecule has 2 amide bonds. The minimum absolute atomic E-state index is 0.0155. The molecule has 0 aromatic carbocycles. The number of hydrogen-bond donors (Lipinski definition) is 2. The highest BCUT2D eigenvalue weighted by Crippen LogP contribution is 2.22. The molecule has 0 heterocycles. The summed E-state index contributed by atoms with van der Waals surface area (Å²) in [6.45, 7) is 5.33. The molecule has 0 aliphatic heterocycles. The summed E-state index contributed by atoms with van der Waals surface area (Å²) in [6.07, 6.45) is 3.63. The average molecular weight is 255 g/mol. The zero-order valence-corrected chi connectivity index (χ0v) is 11.4. The van der Waals surface area contributed by atoms with Crippen molar-refractivity contribution < 1.29 is 9.59 Å². The summed E-state index contributed by atoms with van der Waals surface area (Å²) < 4.78 is 0. The SMILES string of the molecule is CCN(CC)C(=O)CNC(=O)C1CCCC(N)C1. The topological polar surface area (TPSA) is 75.4 Å². The van der Waals surface area contributed by atoms with Gasteiger partial charge in [-0.15, -0.1) is 0 Å². The fourth-order valence-corrected chi connectivity index (χ4v) is 2.46. The van der Waals surface area contributed by atoms with Crippen LogP contribution in [0, 0.1) is 5.92 Å². The van der Waals surface area contributed by atoms with E-state index < -0.39 is 0 Å². The first-order chi connectivity index (χ1) is 8.58. The molecule has 2 atom stereocenters. The van der Waals surface area contributed by atoms with E-state index in [1.54, 1.807) is 4.90 Å². The lowest BCUT2D eigenvalue weighted by atomic mass is 9.85. The maximum absolute atomic E-state index is 11.9. The van der Waals surface area contributed by atoms with Gasteiger partial charge in [0.1, 0.15) is 0 Å². The molecule has 1 rings (SSSR count). The van der Waals surface area contributed by atoms with Gasteiger partial charge in [-0.25, -0.2) is 0 Å². The molecule has 0 spiro atoms. The number of amides is 2. The minimum atomic E-state index is -0.0225. The summed E-state index contributed by atoms with van der Waals surface area (Å²) in [5.74, 6) is -0.0580. The van der Waals surface area contributed by atoms with Crippen molar-refractivity contribution >= 4 is 11.8 Å². The number of hydrogen-bond acceptors (Lipinski definition) is 3. The minimum Gasteiger partial charge on any atom is -0.347 e. The molecule has 18 heavy (non-hydrogen) atoms. The van der Waals surface area contributed by atoms with E-state index in [1.165, 1.54) is 0 Å². The van der Waals surface area contributed by atoms with E-state index in [0.29, 0.717) is 13.1 Å². The molecule has 1 saturated carbocycles. The third kappa shape index (κ3) is 4.29. The van der Waals surface area contributed by atoms with Gasteiger partial charge < -0.3 is 16.0 Å². The highest BCUT2D eigenvalue weighted by molar-refractivity contribution is 5.85. The van der Waals surface area contributed by atoms with Gasteiger partial charge in [0.15, 0.2) is 0 Å². The molecular weight excluding hydrogens is 230 g/mol. The van der Waals surface area contributed by atoms with Crippen LogP contribution in [-0.2, 0) is 9.59 Å². The molecular formula is C13H25N3O2. The summed E-state index contributed by atoms with van der Waals surface area (Å²) in [5.41, 5.74) is 5.85. The summed E-state index contributed by atoms with van der Waals surface area (Å²) in [5, 5.41) is 2.74. The molecule has 0 aromatic rings. The smallest absolute Gasteiger partial charge is 0.241 e. The third-order valence-electron chi connectivity index (χ3n) is 3.62. The second-order valence-corrected chi connectivity index (χ2v) is 4.91. The van der Waals surface area contributed by atoms with Gasteiger partial charge in [-0.05, 0) is 33.1 Å². The molecule has 0 radical (unpaired) electrons. The van der Waals surface area contributed by atoms with E-state index in [-0.39, 0.29) is 30.3 Å². The van der Waals surface area contributed by atoms with Crippen LogP contribution in [0.1, 0.15) is 39.5 Å². The van der Waals surface area contributed by atoms with Gasteiger partial charge in [0, 0.05) is 25.0 Å². The standard InChI is InChI=1S/C13H25N3O2/c1-3-16(4-2)12(17)9-15-13(18)10-6-5-7-11(14)8-10/h10-11H,3-9,14H2,1-2H3,(H,15,18). The predicted octanol–water partition coefficient (Wildman–Crippen LogP) is 0.489. The maximum Gasteiger partial charge on any atom is 0.241 e. The normalized spacial score (nSPS) is 23.5. The van der Waals surface area contributed by atoms with Crippen molar-refractivity contribution in [3.8, 4) is 0 Å². The summed E-state index contributed by atoms with van der Waals surface area (Å²) in [4.78, 5) is 25.4. The Labute approximate surface area is 109 Å². The van der Waals surface area contributed by atoms with Crippen LogP contribution in [0.4, 0.5) is 0 Å². The van der Waals surface area contributed by atoms with Crippen LogP contribution in [0.15, 0.2) is 0 Å². The largest absolute Gasteiger partial charge is 0.347 e. The van der Waals surface area contributed by atoms with Crippen molar-refractivity contribution in [1.82, 2.24) is 10.2 Å². The zero-order chi connectivity index (χ0) is 13.5. The van der Waals surface area contributed by atoms with Gasteiger partial charge in [-0.1, -0.05) is 6.42 Å². The van der Waals surface area contributed by atoms with E-state index >= 15 is 0 Å². The molecule has 5 nitrogen and oxygen atoms in total. The second-order valence-electron chi connectivity index (χ2n) is 4.91. The van der Waals surface area contributed by atoms with E-state index in [1.807, 2.05) is 13.8 Å². The van der Waals surface area contributed by atoms with Crippen LogP contribution in [0.3, 0.4) is 0 Å². The molecule has 1 aliphatic rings. The van der Waals surface area contributed by atoms with E-state index in [9.17, 15) is 9.59 Å². The number of nitrogens with one attached hydrogen (secondary N) is 1. The lowest BCUT2D eigenvalue weighted by Crippen LogP contribution is -2.43. The van der Waals surface area contributed by atoms with Crippen LogP contribution < -0.4 is 11.1 Å². The third-order valence-corrected chi connectivity index (χ3v) is 3.62. The monoisotopic (exact) mass is 255 g/mol. The molecule has 1 fully saturated rings. The molecule has 0 saturated heterocycles. The lowest BCUT2D eigenvalue weighted by Gasteiger charge is -2.26. The quantitative estimate of drug-likeness (QED) is 0.750. The molecule has 1 aliphatic carbocycles. The Kier molecular flexibility index (Phi) is 6.12. The van der Waals surface area contributed by atoms with E-state index in [0.717, 1.165) is 25.7 Å². The highest BCUT2D eigenvalue weighted by Gasteiger charge is 2.25. The first-order valence-electron chi connectivity index (χ1n) is 6.89. The van der Waals surface area contributed by atoms with Gasteiger partial charge in [0.05, 0.1) is 6.54 Å². The number of carbonyl (C=O) groups excluding carboxylic acids is 2. The van der Waals surface area contributed by atoms with Gasteiger partial charge in [-0.2, -0.15) is 0 Å². The van der Waals surface area contributed by atoms with Crippen molar-refractivity contribution in [2.75, 3.05) is 19.6 Å².